The third-order valence-electron chi connectivity index (χ3n) is 4.66. The largest absolute Gasteiger partial charge is 0.393 e. The van der Waals surface area contributed by atoms with Gasteiger partial charge in [0.25, 0.3) is 0 Å². The minimum Gasteiger partial charge on any atom is -0.393 e. The van der Waals surface area contributed by atoms with Crippen LogP contribution in [0.25, 0.3) is 0 Å². The van der Waals surface area contributed by atoms with Crippen molar-refractivity contribution in [3.63, 3.8) is 0 Å². The molecule has 0 radical (unpaired) electrons. The fourth-order valence-corrected chi connectivity index (χ4v) is 3.28. The highest BCUT2D eigenvalue weighted by atomic mass is 16.3. The number of hydrogen-bond donors (Lipinski definition) is 1. The number of anilines is 1. The van der Waals surface area contributed by atoms with Crippen LogP contribution < -0.4 is 4.90 Å². The molecule has 1 saturated carbocycles. The molecule has 1 N–H and O–H groups in total. The Balaban J connectivity index is 1.56. The van der Waals surface area contributed by atoms with E-state index in [9.17, 15) is 5.11 Å². The van der Waals surface area contributed by atoms with Gasteiger partial charge in [-0.2, -0.15) is 0 Å². The average Bonchev–Trinajstić information content (AvgIpc) is 2.51. The van der Waals surface area contributed by atoms with Crippen LogP contribution in [0.2, 0.25) is 0 Å². The van der Waals surface area contributed by atoms with Gasteiger partial charge in [0.05, 0.1) is 6.10 Å². The van der Waals surface area contributed by atoms with Gasteiger partial charge in [-0.15, -0.1) is 0 Å². The van der Waals surface area contributed by atoms with Gasteiger partial charge < -0.3 is 10.0 Å². The van der Waals surface area contributed by atoms with Crippen molar-refractivity contribution in [1.82, 2.24) is 9.97 Å². The number of aromatic nitrogens is 2. The minimum absolute atomic E-state index is 0.143. The lowest BCUT2D eigenvalue weighted by Gasteiger charge is -2.33. The van der Waals surface area contributed by atoms with E-state index in [0.29, 0.717) is 5.92 Å². The normalized spacial score (nSPS) is 24.3. The minimum atomic E-state index is -0.143. The highest BCUT2D eigenvalue weighted by molar-refractivity contribution is 5.45. The third kappa shape index (κ3) is 2.40. The van der Waals surface area contributed by atoms with Gasteiger partial charge in [-0.05, 0) is 30.4 Å². The molecule has 1 aromatic carbocycles. The third-order valence-corrected chi connectivity index (χ3v) is 4.66. The number of nitrogens with zero attached hydrogens (tertiary/aromatic N) is 3. The molecular formula is C17H19N3O. The molecule has 2 heterocycles. The SMILES string of the molecule is OC1CC(c2cc(N3CCc4ccccc4C3)ncn2)C1. The predicted molar refractivity (Wildman–Crippen MR) is 81.2 cm³/mol. The summed E-state index contributed by atoms with van der Waals surface area (Å²) in [5.74, 6) is 1.41. The number of hydrogen-bond acceptors (Lipinski definition) is 4. The van der Waals surface area contributed by atoms with Gasteiger partial charge >= 0.3 is 0 Å². The lowest BCUT2D eigenvalue weighted by atomic mass is 9.80. The van der Waals surface area contributed by atoms with Crippen LogP contribution in [0.5, 0.6) is 0 Å². The van der Waals surface area contributed by atoms with E-state index in [1.807, 2.05) is 0 Å². The van der Waals surface area contributed by atoms with Crippen LogP contribution >= 0.6 is 0 Å². The summed E-state index contributed by atoms with van der Waals surface area (Å²) in [5, 5.41) is 9.45. The molecule has 0 saturated heterocycles. The Kier molecular flexibility index (Phi) is 3.11. The molecule has 1 aromatic heterocycles. The molecule has 21 heavy (non-hydrogen) atoms. The zero-order valence-corrected chi connectivity index (χ0v) is 11.9. The summed E-state index contributed by atoms with van der Waals surface area (Å²) in [5.41, 5.74) is 3.91. The maximum absolute atomic E-state index is 9.45. The van der Waals surface area contributed by atoms with Gasteiger partial charge in [0, 0.05) is 30.8 Å². The summed E-state index contributed by atoms with van der Waals surface area (Å²) in [7, 11) is 0. The van der Waals surface area contributed by atoms with E-state index >= 15 is 0 Å². The molecular weight excluding hydrogens is 262 g/mol. The molecule has 4 rings (SSSR count). The maximum Gasteiger partial charge on any atom is 0.132 e. The van der Waals surface area contributed by atoms with Gasteiger partial charge in [-0.25, -0.2) is 9.97 Å². The van der Waals surface area contributed by atoms with Crippen LogP contribution in [-0.2, 0) is 13.0 Å². The number of fused-ring (bicyclic) bond motifs is 1. The molecule has 0 amide bonds. The summed E-state index contributed by atoms with van der Waals surface area (Å²) in [6.07, 6.45) is 4.25. The molecule has 0 unspecified atom stereocenters. The number of aliphatic hydroxyl groups excluding tert-OH is 1. The summed E-state index contributed by atoms with van der Waals surface area (Å²) in [6.45, 7) is 1.92. The zero-order valence-electron chi connectivity index (χ0n) is 11.9. The summed E-state index contributed by atoms with van der Waals surface area (Å²) < 4.78 is 0. The summed E-state index contributed by atoms with van der Waals surface area (Å²) in [6, 6.07) is 10.7. The highest BCUT2D eigenvalue weighted by Gasteiger charge is 2.30. The Hall–Kier alpha value is -1.94. The molecule has 4 nitrogen and oxygen atoms in total. The van der Waals surface area contributed by atoms with Crippen molar-refractivity contribution >= 4 is 5.82 Å². The molecule has 0 bridgehead atoms. The van der Waals surface area contributed by atoms with Gasteiger partial charge in [0.15, 0.2) is 0 Å². The number of rotatable bonds is 2. The van der Waals surface area contributed by atoms with Crippen molar-refractivity contribution in [2.45, 2.75) is 37.8 Å². The zero-order chi connectivity index (χ0) is 14.2. The van der Waals surface area contributed by atoms with E-state index in [-0.39, 0.29) is 6.10 Å². The fraction of sp³-hybridized carbons (Fsp3) is 0.412. The van der Waals surface area contributed by atoms with E-state index in [2.05, 4.69) is 45.2 Å². The first-order chi connectivity index (χ1) is 10.3. The molecule has 108 valence electrons. The Bertz CT molecular complexity index is 652. The van der Waals surface area contributed by atoms with Crippen molar-refractivity contribution in [1.29, 1.82) is 0 Å². The Morgan fingerprint density at radius 3 is 2.71 bits per heavy atom. The quantitative estimate of drug-likeness (QED) is 0.917. The van der Waals surface area contributed by atoms with Crippen molar-refractivity contribution in [2.24, 2.45) is 0 Å². The summed E-state index contributed by atoms with van der Waals surface area (Å²) >= 11 is 0. The molecule has 2 aromatic rings. The van der Waals surface area contributed by atoms with Crippen LogP contribution in [0.3, 0.4) is 0 Å². The highest BCUT2D eigenvalue weighted by Crippen LogP contribution is 2.36. The molecule has 2 aliphatic rings. The lowest BCUT2D eigenvalue weighted by Crippen LogP contribution is -2.32. The van der Waals surface area contributed by atoms with Gasteiger partial charge in [0.1, 0.15) is 12.1 Å². The van der Waals surface area contributed by atoms with Crippen molar-refractivity contribution < 1.29 is 5.11 Å². The van der Waals surface area contributed by atoms with E-state index in [1.165, 1.54) is 11.1 Å². The van der Waals surface area contributed by atoms with Crippen LogP contribution in [-0.4, -0.2) is 27.7 Å². The molecule has 0 atom stereocenters. The van der Waals surface area contributed by atoms with E-state index in [4.69, 9.17) is 0 Å². The molecule has 4 heteroatoms. The topological polar surface area (TPSA) is 49.2 Å². The van der Waals surface area contributed by atoms with Gasteiger partial charge in [-0.1, -0.05) is 24.3 Å². The van der Waals surface area contributed by atoms with E-state index in [1.54, 1.807) is 6.33 Å². The lowest BCUT2D eigenvalue weighted by molar-refractivity contribution is 0.0732. The monoisotopic (exact) mass is 281 g/mol. The number of aliphatic hydroxyl groups is 1. The van der Waals surface area contributed by atoms with E-state index in [0.717, 1.165) is 43.9 Å². The second kappa shape index (κ2) is 5.11. The van der Waals surface area contributed by atoms with Crippen LogP contribution in [0, 0.1) is 0 Å². The average molecular weight is 281 g/mol. The first kappa shape index (κ1) is 12.8. The fourth-order valence-electron chi connectivity index (χ4n) is 3.28. The smallest absolute Gasteiger partial charge is 0.132 e. The van der Waals surface area contributed by atoms with E-state index < -0.39 is 0 Å². The Labute approximate surface area is 124 Å². The molecule has 1 aliphatic carbocycles. The predicted octanol–water partition coefficient (Wildman–Crippen LogP) is 2.28. The second-order valence-electron chi connectivity index (χ2n) is 6.06. The van der Waals surface area contributed by atoms with Crippen molar-refractivity contribution in [2.75, 3.05) is 11.4 Å². The standard InChI is InChI=1S/C17H19N3O/c21-15-7-14(8-15)16-9-17(19-11-18-16)20-6-5-12-3-1-2-4-13(12)10-20/h1-4,9,11,14-15,21H,5-8,10H2. The molecule has 0 spiro atoms. The van der Waals surface area contributed by atoms with Crippen LogP contribution in [0.1, 0.15) is 35.6 Å². The number of benzene rings is 1. The first-order valence-electron chi connectivity index (χ1n) is 7.61. The van der Waals surface area contributed by atoms with Crippen molar-refractivity contribution in [3.8, 4) is 0 Å². The molecule has 1 fully saturated rings. The first-order valence-corrected chi connectivity index (χ1v) is 7.61. The van der Waals surface area contributed by atoms with Crippen LogP contribution in [0.4, 0.5) is 5.82 Å². The molecule has 1 aliphatic heterocycles. The maximum atomic E-state index is 9.45. The Morgan fingerprint density at radius 2 is 1.90 bits per heavy atom. The van der Waals surface area contributed by atoms with Crippen LogP contribution in [0.15, 0.2) is 36.7 Å². The van der Waals surface area contributed by atoms with Gasteiger partial charge in [-0.3, -0.25) is 0 Å². The second-order valence-corrected chi connectivity index (χ2v) is 6.06. The Morgan fingerprint density at radius 1 is 1.10 bits per heavy atom. The van der Waals surface area contributed by atoms with Gasteiger partial charge in [0.2, 0.25) is 0 Å². The van der Waals surface area contributed by atoms with Crippen molar-refractivity contribution in [3.05, 3.63) is 53.5 Å². The summed E-state index contributed by atoms with van der Waals surface area (Å²) in [4.78, 5) is 11.2.